The minimum atomic E-state index is -0.874. The monoisotopic (exact) mass is 520 g/mol. The third-order valence-electron chi connectivity index (χ3n) is 6.38. The van der Waals surface area contributed by atoms with Crippen molar-refractivity contribution >= 4 is 39.3 Å². The number of rotatable bonds is 4. The van der Waals surface area contributed by atoms with Gasteiger partial charge in [0.2, 0.25) is 5.76 Å². The van der Waals surface area contributed by atoms with Crippen LogP contribution in [0.4, 0.5) is 9.52 Å². The fourth-order valence-corrected chi connectivity index (χ4v) is 5.48. The Morgan fingerprint density at radius 1 is 1.16 bits per heavy atom. The van der Waals surface area contributed by atoms with Crippen molar-refractivity contribution in [2.45, 2.75) is 46.1 Å². The summed E-state index contributed by atoms with van der Waals surface area (Å²) < 4.78 is 25.1. The zero-order valence-electron chi connectivity index (χ0n) is 21.0. The second-order valence-electron chi connectivity index (χ2n) is 9.90. The molecule has 1 atom stereocenters. The lowest BCUT2D eigenvalue weighted by atomic mass is 9.86. The molecule has 5 rings (SSSR count). The van der Waals surface area contributed by atoms with Crippen LogP contribution >= 0.6 is 11.3 Å². The molecule has 0 fully saturated rings. The van der Waals surface area contributed by atoms with Crippen LogP contribution in [0.3, 0.4) is 0 Å². The Bertz CT molecular complexity index is 1610. The molecule has 0 saturated heterocycles. The van der Waals surface area contributed by atoms with Gasteiger partial charge in [-0.25, -0.2) is 14.2 Å². The number of halogens is 1. The normalized spacial score (nSPS) is 15.4. The van der Waals surface area contributed by atoms with Crippen molar-refractivity contribution in [2.24, 2.45) is 0 Å². The highest BCUT2D eigenvalue weighted by atomic mass is 32.1. The summed E-state index contributed by atoms with van der Waals surface area (Å²) in [5.74, 6) is -1.80. The lowest BCUT2D eigenvalue weighted by Gasteiger charge is -2.24. The number of ether oxygens (including phenoxy) is 1. The molecule has 1 aliphatic heterocycles. The van der Waals surface area contributed by atoms with Gasteiger partial charge in [-0.3, -0.25) is 14.5 Å². The molecule has 190 valence electrons. The van der Waals surface area contributed by atoms with Gasteiger partial charge < -0.3 is 9.15 Å². The van der Waals surface area contributed by atoms with Crippen molar-refractivity contribution in [3.8, 4) is 0 Å². The van der Waals surface area contributed by atoms with Crippen molar-refractivity contribution < 1.29 is 23.1 Å². The molecule has 2 aromatic carbocycles. The molecule has 0 aliphatic carbocycles. The number of hydrogen-bond donors (Lipinski definition) is 0. The summed E-state index contributed by atoms with van der Waals surface area (Å²) in [6, 6.07) is 10.4. The molecule has 1 amide bonds. The fourth-order valence-electron chi connectivity index (χ4n) is 4.49. The van der Waals surface area contributed by atoms with E-state index in [0.29, 0.717) is 11.3 Å². The molecule has 0 spiro atoms. The Balaban J connectivity index is 1.74. The zero-order valence-corrected chi connectivity index (χ0v) is 21.9. The number of benzene rings is 2. The Labute approximate surface area is 216 Å². The Morgan fingerprint density at radius 2 is 1.86 bits per heavy atom. The number of aromatic nitrogens is 1. The van der Waals surface area contributed by atoms with Crippen LogP contribution in [-0.2, 0) is 10.2 Å². The van der Waals surface area contributed by atoms with Gasteiger partial charge in [-0.05, 0) is 48.6 Å². The van der Waals surface area contributed by atoms with E-state index in [9.17, 15) is 18.8 Å². The van der Waals surface area contributed by atoms with E-state index in [1.807, 2.05) is 24.3 Å². The molecule has 1 unspecified atom stereocenters. The second kappa shape index (κ2) is 8.92. The maximum atomic E-state index is 14.0. The van der Waals surface area contributed by atoms with Gasteiger partial charge in [0, 0.05) is 0 Å². The van der Waals surface area contributed by atoms with Crippen molar-refractivity contribution in [1.82, 2.24) is 4.98 Å². The van der Waals surface area contributed by atoms with Crippen molar-refractivity contribution in [1.29, 1.82) is 0 Å². The lowest BCUT2D eigenvalue weighted by molar-refractivity contribution is 0.0531. The Morgan fingerprint density at radius 3 is 2.51 bits per heavy atom. The van der Waals surface area contributed by atoms with E-state index in [2.05, 4.69) is 25.8 Å². The van der Waals surface area contributed by atoms with Crippen LogP contribution in [0.2, 0.25) is 0 Å². The van der Waals surface area contributed by atoms with Crippen LogP contribution < -0.4 is 10.3 Å². The summed E-state index contributed by atoms with van der Waals surface area (Å²) in [6.45, 7) is 9.84. The number of carbonyl (C=O) groups is 2. The summed E-state index contributed by atoms with van der Waals surface area (Å²) in [7, 11) is 0. The fraction of sp³-hybridized carbons (Fsp3) is 0.286. The molecule has 0 N–H and O–H groups in total. The molecule has 0 saturated carbocycles. The Hall–Kier alpha value is -3.85. The molecule has 7 nitrogen and oxygen atoms in total. The average molecular weight is 521 g/mol. The Kier molecular flexibility index (Phi) is 5.98. The molecule has 0 bridgehead atoms. The molecular formula is C28H25FN2O5S. The van der Waals surface area contributed by atoms with E-state index in [1.54, 1.807) is 13.8 Å². The maximum Gasteiger partial charge on any atom is 0.350 e. The first-order valence-electron chi connectivity index (χ1n) is 11.9. The number of esters is 1. The third kappa shape index (κ3) is 4.13. The van der Waals surface area contributed by atoms with E-state index >= 15 is 0 Å². The highest BCUT2D eigenvalue weighted by Gasteiger charge is 2.45. The topological polar surface area (TPSA) is 89.7 Å². The zero-order chi connectivity index (χ0) is 26.6. The van der Waals surface area contributed by atoms with Crippen LogP contribution in [0, 0.1) is 12.7 Å². The summed E-state index contributed by atoms with van der Waals surface area (Å²) in [6.07, 6.45) is 0. The third-order valence-corrected chi connectivity index (χ3v) is 7.51. The molecule has 3 heterocycles. The number of nitrogens with zero attached hydrogens (tertiary/aromatic N) is 2. The van der Waals surface area contributed by atoms with Crippen LogP contribution in [0.5, 0.6) is 0 Å². The van der Waals surface area contributed by atoms with E-state index in [-0.39, 0.29) is 44.3 Å². The molecule has 1 aliphatic rings. The van der Waals surface area contributed by atoms with E-state index in [1.165, 1.54) is 17.0 Å². The van der Waals surface area contributed by atoms with Crippen LogP contribution in [-0.4, -0.2) is 23.5 Å². The molecule has 0 radical (unpaired) electrons. The second-order valence-corrected chi connectivity index (χ2v) is 10.9. The van der Waals surface area contributed by atoms with Gasteiger partial charge in [0.25, 0.3) is 5.91 Å². The number of anilines is 1. The van der Waals surface area contributed by atoms with Gasteiger partial charge in [0.1, 0.15) is 16.3 Å². The minimum Gasteiger partial charge on any atom is -0.462 e. The van der Waals surface area contributed by atoms with Gasteiger partial charge in [-0.1, -0.05) is 56.4 Å². The number of hydrogen-bond acceptors (Lipinski definition) is 7. The van der Waals surface area contributed by atoms with Crippen LogP contribution in [0.15, 0.2) is 51.7 Å². The molecule has 37 heavy (non-hydrogen) atoms. The van der Waals surface area contributed by atoms with Gasteiger partial charge >= 0.3 is 5.97 Å². The number of carbonyl (C=O) groups excluding carboxylic acids is 2. The number of aryl methyl sites for hydroxylation is 1. The first-order chi connectivity index (χ1) is 17.5. The van der Waals surface area contributed by atoms with Gasteiger partial charge in [0.05, 0.1) is 29.3 Å². The first kappa shape index (κ1) is 24.8. The number of amides is 1. The van der Waals surface area contributed by atoms with E-state index in [0.717, 1.165) is 23.0 Å². The summed E-state index contributed by atoms with van der Waals surface area (Å²) >= 11 is 1.01. The summed E-state index contributed by atoms with van der Waals surface area (Å²) in [5.41, 5.74) is 1.78. The van der Waals surface area contributed by atoms with Crippen molar-refractivity contribution in [2.75, 3.05) is 11.5 Å². The first-order valence-corrected chi connectivity index (χ1v) is 12.7. The molecule has 4 aromatic rings. The quantitative estimate of drug-likeness (QED) is 0.310. The van der Waals surface area contributed by atoms with E-state index in [4.69, 9.17) is 9.15 Å². The van der Waals surface area contributed by atoms with Gasteiger partial charge in [-0.15, -0.1) is 0 Å². The predicted molar refractivity (Wildman–Crippen MR) is 139 cm³/mol. The molecular weight excluding hydrogens is 495 g/mol. The van der Waals surface area contributed by atoms with Gasteiger partial charge in [-0.2, -0.15) is 0 Å². The summed E-state index contributed by atoms with van der Waals surface area (Å²) in [4.78, 5) is 46.0. The van der Waals surface area contributed by atoms with Crippen molar-refractivity contribution in [3.63, 3.8) is 0 Å². The van der Waals surface area contributed by atoms with Gasteiger partial charge in [0.15, 0.2) is 10.6 Å². The van der Waals surface area contributed by atoms with Crippen LogP contribution in [0.25, 0.3) is 11.0 Å². The SMILES string of the molecule is CCOC(=O)c1sc(N2C(=O)c3oc4ccc(F)cc4c(=O)c3C2c2ccc(C(C)(C)C)cc2)nc1C. The highest BCUT2D eigenvalue weighted by molar-refractivity contribution is 7.17. The standard InChI is InChI=1S/C28H25FN2O5S/c1-6-35-26(34)24-14(2)30-27(37-24)31-21(15-7-9-16(10-8-15)28(3,4)5)20-22(32)18-13-17(29)11-12-19(18)36-23(20)25(31)33/h7-13,21H,6H2,1-5H3. The van der Waals surface area contributed by atoms with Crippen LogP contribution in [0.1, 0.15) is 76.3 Å². The number of fused-ring (bicyclic) bond motifs is 2. The number of thiazole rings is 1. The molecule has 2 aromatic heterocycles. The predicted octanol–water partition coefficient (Wildman–Crippen LogP) is 5.92. The maximum absolute atomic E-state index is 14.0. The largest absolute Gasteiger partial charge is 0.462 e. The average Bonchev–Trinajstić information content (AvgIpc) is 3.37. The van der Waals surface area contributed by atoms with E-state index < -0.39 is 29.2 Å². The minimum absolute atomic E-state index is 0.0484. The summed E-state index contributed by atoms with van der Waals surface area (Å²) in [5, 5.41) is 0.281. The van der Waals surface area contributed by atoms with Crippen molar-refractivity contribution in [3.05, 3.63) is 91.5 Å². The highest BCUT2D eigenvalue weighted by Crippen LogP contribution is 2.43. The smallest absolute Gasteiger partial charge is 0.350 e. The molecule has 9 heteroatoms. The lowest BCUT2D eigenvalue weighted by Crippen LogP contribution is -2.29.